The standard InChI is InChI=1S/C21H20N4O4/c1-28-18-4-3-13(11-19(18)29-2)5-8-24-9-6-16-14(20(24)26)12-15-17(23-16)7-10-25(22)21(15)27/h3-4,6-7,9-12H,5,8,22H2,1-2H3. The van der Waals surface area contributed by atoms with Gasteiger partial charge in [0.15, 0.2) is 11.5 Å². The number of aromatic nitrogens is 3. The Morgan fingerprint density at radius 2 is 1.59 bits per heavy atom. The second-order valence-corrected chi connectivity index (χ2v) is 6.64. The average molecular weight is 392 g/mol. The van der Waals surface area contributed by atoms with E-state index in [0.717, 1.165) is 10.2 Å². The van der Waals surface area contributed by atoms with Crippen molar-refractivity contribution in [2.24, 2.45) is 0 Å². The molecular weight excluding hydrogens is 372 g/mol. The quantitative estimate of drug-likeness (QED) is 0.410. The predicted octanol–water partition coefficient (Wildman–Crippen LogP) is 1.69. The summed E-state index contributed by atoms with van der Waals surface area (Å²) in [6.45, 7) is 0.470. The third kappa shape index (κ3) is 3.29. The number of hydrogen-bond acceptors (Lipinski definition) is 6. The summed E-state index contributed by atoms with van der Waals surface area (Å²) in [5, 5.41) is 0.702. The average Bonchev–Trinajstić information content (AvgIpc) is 2.75. The van der Waals surface area contributed by atoms with E-state index in [2.05, 4.69) is 4.98 Å². The zero-order valence-electron chi connectivity index (χ0n) is 16.1. The normalized spacial score (nSPS) is 11.1. The van der Waals surface area contributed by atoms with Gasteiger partial charge in [-0.25, -0.2) is 9.66 Å². The lowest BCUT2D eigenvalue weighted by Crippen LogP contribution is -2.27. The van der Waals surface area contributed by atoms with Crippen LogP contribution < -0.4 is 26.4 Å². The van der Waals surface area contributed by atoms with Crippen LogP contribution in [0.5, 0.6) is 11.5 Å². The van der Waals surface area contributed by atoms with Gasteiger partial charge in [-0.1, -0.05) is 6.07 Å². The maximum absolute atomic E-state index is 13.0. The predicted molar refractivity (Wildman–Crippen MR) is 111 cm³/mol. The fourth-order valence-corrected chi connectivity index (χ4v) is 3.34. The van der Waals surface area contributed by atoms with Gasteiger partial charge in [0, 0.05) is 18.9 Å². The molecule has 0 aliphatic heterocycles. The Morgan fingerprint density at radius 3 is 2.31 bits per heavy atom. The Bertz CT molecular complexity index is 1340. The molecule has 0 bridgehead atoms. The molecule has 3 heterocycles. The number of nitrogen functional groups attached to an aromatic ring is 1. The van der Waals surface area contributed by atoms with Gasteiger partial charge in [-0.3, -0.25) is 9.59 Å². The molecule has 4 aromatic rings. The SMILES string of the molecule is COc1ccc(CCn2ccc3nc4ccn(N)c(=O)c4cc3c2=O)cc1OC. The Morgan fingerprint density at radius 1 is 0.897 bits per heavy atom. The van der Waals surface area contributed by atoms with Crippen molar-refractivity contribution < 1.29 is 9.47 Å². The first-order valence-electron chi connectivity index (χ1n) is 9.03. The number of hydrogen-bond donors (Lipinski definition) is 1. The maximum Gasteiger partial charge on any atom is 0.278 e. The summed E-state index contributed by atoms with van der Waals surface area (Å²) in [6.07, 6.45) is 3.80. The van der Waals surface area contributed by atoms with Crippen molar-refractivity contribution in [3.63, 3.8) is 0 Å². The van der Waals surface area contributed by atoms with Crippen LogP contribution in [0.3, 0.4) is 0 Å². The fraction of sp³-hybridized carbons (Fsp3) is 0.190. The van der Waals surface area contributed by atoms with Crippen molar-refractivity contribution >= 4 is 21.8 Å². The zero-order valence-corrected chi connectivity index (χ0v) is 16.1. The lowest BCUT2D eigenvalue weighted by atomic mass is 10.1. The number of nitrogens with two attached hydrogens (primary N) is 1. The smallest absolute Gasteiger partial charge is 0.278 e. The highest BCUT2D eigenvalue weighted by Gasteiger charge is 2.10. The molecule has 3 aromatic heterocycles. The first kappa shape index (κ1) is 18.5. The van der Waals surface area contributed by atoms with Crippen LogP contribution in [0.1, 0.15) is 5.56 Å². The van der Waals surface area contributed by atoms with Crippen LogP contribution in [0.25, 0.3) is 21.8 Å². The molecule has 0 aliphatic carbocycles. The number of methoxy groups -OCH3 is 2. The highest BCUT2D eigenvalue weighted by atomic mass is 16.5. The summed E-state index contributed by atoms with van der Waals surface area (Å²) in [4.78, 5) is 29.6. The van der Waals surface area contributed by atoms with E-state index < -0.39 is 5.56 Å². The van der Waals surface area contributed by atoms with E-state index in [4.69, 9.17) is 15.3 Å². The van der Waals surface area contributed by atoms with Crippen molar-refractivity contribution in [3.8, 4) is 11.5 Å². The Balaban J connectivity index is 1.70. The molecule has 0 saturated carbocycles. The number of fused-ring (bicyclic) bond motifs is 2. The lowest BCUT2D eigenvalue weighted by molar-refractivity contribution is 0.354. The summed E-state index contributed by atoms with van der Waals surface area (Å²) in [6, 6.07) is 10.7. The van der Waals surface area contributed by atoms with Crippen LogP contribution in [0.4, 0.5) is 0 Å². The number of pyridine rings is 3. The van der Waals surface area contributed by atoms with Crippen LogP contribution in [0, 0.1) is 0 Å². The molecule has 8 heteroatoms. The number of rotatable bonds is 5. The second-order valence-electron chi connectivity index (χ2n) is 6.64. The van der Waals surface area contributed by atoms with E-state index in [1.54, 1.807) is 43.2 Å². The van der Waals surface area contributed by atoms with Gasteiger partial charge < -0.3 is 19.9 Å². The van der Waals surface area contributed by atoms with Crippen molar-refractivity contribution in [3.05, 3.63) is 75.1 Å². The van der Waals surface area contributed by atoms with E-state index in [-0.39, 0.29) is 5.56 Å². The van der Waals surface area contributed by atoms with Crippen LogP contribution in [0.2, 0.25) is 0 Å². The van der Waals surface area contributed by atoms with E-state index in [1.807, 2.05) is 18.2 Å². The molecule has 0 spiro atoms. The van der Waals surface area contributed by atoms with Gasteiger partial charge in [-0.2, -0.15) is 0 Å². The van der Waals surface area contributed by atoms with Crippen molar-refractivity contribution in [2.75, 3.05) is 20.1 Å². The Hall–Kier alpha value is -3.81. The van der Waals surface area contributed by atoms with Gasteiger partial charge in [0.1, 0.15) is 0 Å². The van der Waals surface area contributed by atoms with Gasteiger partial charge in [0.25, 0.3) is 11.1 Å². The molecule has 0 atom stereocenters. The summed E-state index contributed by atoms with van der Waals surface area (Å²) in [5.74, 6) is 6.93. The lowest BCUT2D eigenvalue weighted by Gasteiger charge is -2.11. The molecule has 0 aliphatic rings. The molecule has 0 unspecified atom stereocenters. The first-order valence-corrected chi connectivity index (χ1v) is 9.03. The highest BCUT2D eigenvalue weighted by molar-refractivity contribution is 5.91. The second kappa shape index (κ2) is 7.31. The van der Waals surface area contributed by atoms with Gasteiger partial charge in [-0.15, -0.1) is 0 Å². The van der Waals surface area contributed by atoms with Crippen LogP contribution in [0.15, 0.2) is 58.4 Å². The largest absolute Gasteiger partial charge is 0.493 e. The minimum atomic E-state index is -0.392. The molecule has 2 N–H and O–H groups in total. The Kier molecular flexibility index (Phi) is 4.67. The van der Waals surface area contributed by atoms with E-state index in [0.29, 0.717) is 46.3 Å². The molecule has 0 saturated heterocycles. The van der Waals surface area contributed by atoms with Crippen LogP contribution >= 0.6 is 0 Å². The summed E-state index contributed by atoms with van der Waals surface area (Å²) in [5.41, 5.74) is 1.46. The van der Waals surface area contributed by atoms with Gasteiger partial charge in [-0.05, 0) is 42.3 Å². The third-order valence-corrected chi connectivity index (χ3v) is 4.93. The van der Waals surface area contributed by atoms with Crippen molar-refractivity contribution in [1.29, 1.82) is 0 Å². The summed E-state index contributed by atoms with van der Waals surface area (Å²) >= 11 is 0. The monoisotopic (exact) mass is 392 g/mol. The molecule has 1 aromatic carbocycles. The summed E-state index contributed by atoms with van der Waals surface area (Å²) in [7, 11) is 3.17. The van der Waals surface area contributed by atoms with Crippen LogP contribution in [-0.4, -0.2) is 28.4 Å². The van der Waals surface area contributed by atoms with E-state index in [9.17, 15) is 9.59 Å². The zero-order chi connectivity index (χ0) is 20.5. The van der Waals surface area contributed by atoms with E-state index >= 15 is 0 Å². The minimum Gasteiger partial charge on any atom is -0.493 e. The van der Waals surface area contributed by atoms with Crippen molar-refractivity contribution in [1.82, 2.24) is 14.2 Å². The fourth-order valence-electron chi connectivity index (χ4n) is 3.34. The molecule has 0 radical (unpaired) electrons. The highest BCUT2D eigenvalue weighted by Crippen LogP contribution is 2.27. The van der Waals surface area contributed by atoms with Crippen LogP contribution in [-0.2, 0) is 13.0 Å². The molecule has 0 amide bonds. The number of aryl methyl sites for hydroxylation is 2. The van der Waals surface area contributed by atoms with E-state index in [1.165, 1.54) is 6.20 Å². The van der Waals surface area contributed by atoms with Gasteiger partial charge in [0.05, 0.1) is 36.0 Å². The first-order chi connectivity index (χ1) is 14.0. The molecule has 4 rings (SSSR count). The van der Waals surface area contributed by atoms with Gasteiger partial charge >= 0.3 is 0 Å². The maximum atomic E-state index is 13.0. The summed E-state index contributed by atoms with van der Waals surface area (Å²) < 4.78 is 13.2. The van der Waals surface area contributed by atoms with Gasteiger partial charge in [0.2, 0.25) is 0 Å². The topological polar surface area (TPSA) is 101 Å². The number of ether oxygens (including phenoxy) is 2. The molecular formula is C21H20N4O4. The Labute approximate surface area is 165 Å². The third-order valence-electron chi connectivity index (χ3n) is 4.93. The molecule has 29 heavy (non-hydrogen) atoms. The molecule has 8 nitrogen and oxygen atoms in total. The number of nitrogens with zero attached hydrogens (tertiary/aromatic N) is 3. The number of benzene rings is 1. The minimum absolute atomic E-state index is 0.204. The molecule has 0 fully saturated rings. The molecule has 148 valence electrons. The van der Waals surface area contributed by atoms with Crippen molar-refractivity contribution in [2.45, 2.75) is 13.0 Å².